The molecule has 0 radical (unpaired) electrons. The maximum Gasteiger partial charge on any atom is 0.246 e. The SMILES string of the molecule is CCOc1c(Cl)cc(/C=C/C(=O)N(C)CC)cc1OC. The molecule has 0 saturated carbocycles. The summed E-state index contributed by atoms with van der Waals surface area (Å²) in [5, 5.41) is 0.460. The lowest BCUT2D eigenvalue weighted by Gasteiger charge is -2.12. The van der Waals surface area contributed by atoms with E-state index in [0.717, 1.165) is 5.56 Å². The largest absolute Gasteiger partial charge is 0.493 e. The maximum absolute atomic E-state index is 11.7. The summed E-state index contributed by atoms with van der Waals surface area (Å²) < 4.78 is 10.7. The molecule has 0 aromatic heterocycles. The van der Waals surface area contributed by atoms with Crippen LogP contribution in [0.4, 0.5) is 0 Å². The third-order valence-corrected chi connectivity index (χ3v) is 3.09. The summed E-state index contributed by atoms with van der Waals surface area (Å²) in [6.45, 7) is 4.97. The number of likely N-dealkylation sites (N-methyl/N-ethyl adjacent to an activating group) is 1. The number of benzene rings is 1. The molecule has 0 atom stereocenters. The lowest BCUT2D eigenvalue weighted by molar-refractivity contribution is -0.124. The molecule has 0 aliphatic rings. The fourth-order valence-electron chi connectivity index (χ4n) is 1.57. The van der Waals surface area contributed by atoms with E-state index < -0.39 is 0 Å². The Morgan fingerprint density at radius 2 is 2.10 bits per heavy atom. The van der Waals surface area contributed by atoms with Gasteiger partial charge in [-0.05, 0) is 37.6 Å². The van der Waals surface area contributed by atoms with Crippen molar-refractivity contribution in [3.8, 4) is 11.5 Å². The first-order chi connectivity index (χ1) is 9.53. The summed E-state index contributed by atoms with van der Waals surface area (Å²) in [5.74, 6) is 1.01. The second kappa shape index (κ2) is 7.80. The molecule has 0 N–H and O–H groups in total. The van der Waals surface area contributed by atoms with Crippen LogP contribution in [0.3, 0.4) is 0 Å². The highest BCUT2D eigenvalue weighted by Gasteiger charge is 2.11. The molecule has 20 heavy (non-hydrogen) atoms. The summed E-state index contributed by atoms with van der Waals surface area (Å²) in [5.41, 5.74) is 0.785. The topological polar surface area (TPSA) is 38.8 Å². The van der Waals surface area contributed by atoms with Gasteiger partial charge in [0.15, 0.2) is 11.5 Å². The second-order valence-corrected chi connectivity index (χ2v) is 4.56. The van der Waals surface area contributed by atoms with Gasteiger partial charge in [-0.3, -0.25) is 4.79 Å². The van der Waals surface area contributed by atoms with Gasteiger partial charge in [-0.1, -0.05) is 11.6 Å². The number of amides is 1. The van der Waals surface area contributed by atoms with E-state index in [4.69, 9.17) is 21.1 Å². The van der Waals surface area contributed by atoms with Crippen LogP contribution in [-0.2, 0) is 4.79 Å². The van der Waals surface area contributed by atoms with Crippen LogP contribution in [0, 0.1) is 0 Å². The molecular formula is C15H20ClNO3. The van der Waals surface area contributed by atoms with Crippen LogP contribution in [0.5, 0.6) is 11.5 Å². The quantitative estimate of drug-likeness (QED) is 0.757. The van der Waals surface area contributed by atoms with Gasteiger partial charge in [0.25, 0.3) is 0 Å². The molecule has 0 aliphatic carbocycles. The molecule has 0 bridgehead atoms. The van der Waals surface area contributed by atoms with Gasteiger partial charge in [0.1, 0.15) is 0 Å². The molecule has 0 fully saturated rings. The molecule has 4 nitrogen and oxygen atoms in total. The van der Waals surface area contributed by atoms with E-state index in [1.54, 1.807) is 37.3 Å². The van der Waals surface area contributed by atoms with E-state index in [1.165, 1.54) is 6.08 Å². The van der Waals surface area contributed by atoms with E-state index in [1.807, 2.05) is 13.8 Å². The Hall–Kier alpha value is -1.68. The lowest BCUT2D eigenvalue weighted by atomic mass is 10.2. The van der Waals surface area contributed by atoms with Crippen molar-refractivity contribution in [3.63, 3.8) is 0 Å². The van der Waals surface area contributed by atoms with Gasteiger partial charge < -0.3 is 14.4 Å². The number of rotatable bonds is 6. The van der Waals surface area contributed by atoms with Gasteiger partial charge in [-0.2, -0.15) is 0 Å². The van der Waals surface area contributed by atoms with Crippen LogP contribution in [0.25, 0.3) is 6.08 Å². The standard InChI is InChI=1S/C15H20ClNO3/c1-5-17(3)14(18)8-7-11-9-12(16)15(20-6-2)13(10-11)19-4/h7-10H,5-6H2,1-4H3/b8-7+. The van der Waals surface area contributed by atoms with E-state index in [0.29, 0.717) is 29.7 Å². The average molecular weight is 298 g/mol. The molecule has 1 aromatic rings. The molecular weight excluding hydrogens is 278 g/mol. The Morgan fingerprint density at radius 1 is 1.40 bits per heavy atom. The van der Waals surface area contributed by atoms with Crippen molar-refractivity contribution >= 4 is 23.6 Å². The van der Waals surface area contributed by atoms with Crippen molar-refractivity contribution in [3.05, 3.63) is 28.8 Å². The zero-order chi connectivity index (χ0) is 15.1. The zero-order valence-corrected chi connectivity index (χ0v) is 13.0. The predicted octanol–water partition coefficient (Wildman–Crippen LogP) is 3.24. The van der Waals surface area contributed by atoms with Gasteiger partial charge in [-0.15, -0.1) is 0 Å². The first-order valence-electron chi connectivity index (χ1n) is 6.46. The average Bonchev–Trinajstić information content (AvgIpc) is 2.46. The molecule has 5 heteroatoms. The fourth-order valence-corrected chi connectivity index (χ4v) is 1.84. The number of ether oxygens (including phenoxy) is 2. The molecule has 1 rings (SSSR count). The zero-order valence-electron chi connectivity index (χ0n) is 12.3. The summed E-state index contributed by atoms with van der Waals surface area (Å²) in [6.07, 6.45) is 3.22. The Labute approximate surface area is 124 Å². The molecule has 1 aromatic carbocycles. The third-order valence-electron chi connectivity index (χ3n) is 2.81. The molecule has 110 valence electrons. The Balaban J connectivity index is 3.00. The van der Waals surface area contributed by atoms with Crippen LogP contribution < -0.4 is 9.47 Å². The van der Waals surface area contributed by atoms with E-state index in [9.17, 15) is 4.79 Å². The normalized spacial score (nSPS) is 10.7. The first kappa shape index (κ1) is 16.4. The fraction of sp³-hybridized carbons (Fsp3) is 0.400. The summed E-state index contributed by atoms with van der Waals surface area (Å²) in [7, 11) is 3.30. The minimum absolute atomic E-state index is 0.0588. The highest BCUT2D eigenvalue weighted by molar-refractivity contribution is 6.32. The van der Waals surface area contributed by atoms with Crippen LogP contribution in [0.1, 0.15) is 19.4 Å². The highest BCUT2D eigenvalue weighted by atomic mass is 35.5. The number of hydrogen-bond donors (Lipinski definition) is 0. The number of carbonyl (C=O) groups is 1. The summed E-state index contributed by atoms with van der Waals surface area (Å²) >= 11 is 6.16. The van der Waals surface area contributed by atoms with E-state index >= 15 is 0 Å². The molecule has 0 heterocycles. The molecule has 0 unspecified atom stereocenters. The van der Waals surface area contributed by atoms with Gasteiger partial charge in [0.2, 0.25) is 5.91 Å². The Bertz CT molecular complexity index is 500. The van der Waals surface area contributed by atoms with Crippen LogP contribution in [-0.4, -0.2) is 38.1 Å². The van der Waals surface area contributed by atoms with Crippen LogP contribution in [0.2, 0.25) is 5.02 Å². The van der Waals surface area contributed by atoms with E-state index in [-0.39, 0.29) is 5.91 Å². The lowest BCUT2D eigenvalue weighted by Crippen LogP contribution is -2.23. The Kier molecular flexibility index (Phi) is 6.39. The number of methoxy groups -OCH3 is 1. The summed E-state index contributed by atoms with van der Waals surface area (Å²) in [4.78, 5) is 13.3. The van der Waals surface area contributed by atoms with Gasteiger partial charge >= 0.3 is 0 Å². The first-order valence-corrected chi connectivity index (χ1v) is 6.84. The van der Waals surface area contributed by atoms with Gasteiger partial charge in [-0.25, -0.2) is 0 Å². The highest BCUT2D eigenvalue weighted by Crippen LogP contribution is 2.36. The van der Waals surface area contributed by atoms with Crippen molar-refractivity contribution in [2.45, 2.75) is 13.8 Å². The van der Waals surface area contributed by atoms with Crippen molar-refractivity contribution < 1.29 is 14.3 Å². The van der Waals surface area contributed by atoms with E-state index in [2.05, 4.69) is 0 Å². The predicted molar refractivity (Wildman–Crippen MR) is 81.5 cm³/mol. The van der Waals surface area contributed by atoms with Crippen molar-refractivity contribution in [2.24, 2.45) is 0 Å². The van der Waals surface area contributed by atoms with Gasteiger partial charge in [0, 0.05) is 19.7 Å². The smallest absolute Gasteiger partial charge is 0.246 e. The Morgan fingerprint density at radius 3 is 2.65 bits per heavy atom. The van der Waals surface area contributed by atoms with Crippen LogP contribution in [0.15, 0.2) is 18.2 Å². The second-order valence-electron chi connectivity index (χ2n) is 4.15. The minimum Gasteiger partial charge on any atom is -0.493 e. The number of halogens is 1. The number of nitrogens with zero attached hydrogens (tertiary/aromatic N) is 1. The minimum atomic E-state index is -0.0588. The number of hydrogen-bond acceptors (Lipinski definition) is 3. The van der Waals surface area contributed by atoms with Crippen LogP contribution >= 0.6 is 11.6 Å². The maximum atomic E-state index is 11.7. The summed E-state index contributed by atoms with van der Waals surface area (Å²) in [6, 6.07) is 3.53. The number of carbonyl (C=O) groups excluding carboxylic acids is 1. The molecule has 0 spiro atoms. The van der Waals surface area contributed by atoms with Crippen molar-refractivity contribution in [1.82, 2.24) is 4.90 Å². The molecule has 0 aliphatic heterocycles. The third kappa shape index (κ3) is 4.17. The van der Waals surface area contributed by atoms with Crippen molar-refractivity contribution in [2.75, 3.05) is 27.3 Å². The van der Waals surface area contributed by atoms with Gasteiger partial charge in [0.05, 0.1) is 18.7 Å². The molecule has 0 saturated heterocycles. The molecule has 1 amide bonds. The van der Waals surface area contributed by atoms with Crippen molar-refractivity contribution in [1.29, 1.82) is 0 Å². The monoisotopic (exact) mass is 297 g/mol.